The molecule has 2 unspecified atom stereocenters. The van der Waals surface area contributed by atoms with Crippen molar-refractivity contribution >= 4 is 29.1 Å². The molecule has 5 nitrogen and oxygen atoms in total. The molecule has 26 heavy (non-hydrogen) atoms. The monoisotopic (exact) mass is 374 g/mol. The molecule has 0 saturated carbocycles. The fourth-order valence-corrected chi connectivity index (χ4v) is 2.25. The van der Waals surface area contributed by atoms with Crippen molar-refractivity contribution < 1.29 is 14.3 Å². The van der Waals surface area contributed by atoms with Crippen molar-refractivity contribution in [1.82, 2.24) is 5.32 Å². The second-order valence-corrected chi connectivity index (χ2v) is 6.50. The van der Waals surface area contributed by atoms with Crippen LogP contribution in [0, 0.1) is 0 Å². The van der Waals surface area contributed by atoms with Crippen molar-refractivity contribution in [3.05, 3.63) is 59.1 Å². The van der Waals surface area contributed by atoms with Gasteiger partial charge in [-0.3, -0.25) is 9.59 Å². The number of benzene rings is 2. The largest absolute Gasteiger partial charge is 0.481 e. The molecule has 2 N–H and O–H groups in total. The number of hydrogen-bond acceptors (Lipinski definition) is 3. The summed E-state index contributed by atoms with van der Waals surface area (Å²) in [7, 11) is 0. The molecular formula is C20H23ClN2O3. The van der Waals surface area contributed by atoms with Gasteiger partial charge in [-0.15, -0.1) is 0 Å². The summed E-state index contributed by atoms with van der Waals surface area (Å²) in [5, 5.41) is 6.27. The number of carbonyl (C=O) groups is 2. The number of halogens is 1. The summed E-state index contributed by atoms with van der Waals surface area (Å²) in [6.07, 6.45) is 0.190. The Morgan fingerprint density at radius 3 is 2.23 bits per heavy atom. The van der Waals surface area contributed by atoms with Crippen molar-refractivity contribution in [2.24, 2.45) is 0 Å². The van der Waals surface area contributed by atoms with Crippen molar-refractivity contribution in [2.45, 2.75) is 39.3 Å². The predicted octanol–water partition coefficient (Wildman–Crippen LogP) is 4.27. The van der Waals surface area contributed by atoms with Crippen molar-refractivity contribution in [3.63, 3.8) is 0 Å². The first-order valence-electron chi connectivity index (χ1n) is 8.53. The summed E-state index contributed by atoms with van der Waals surface area (Å²) in [6, 6.07) is 13.7. The topological polar surface area (TPSA) is 67.4 Å². The Balaban J connectivity index is 1.92. The molecule has 0 spiro atoms. The number of carbonyl (C=O) groups excluding carboxylic acids is 2. The minimum absolute atomic E-state index is 0.118. The maximum Gasteiger partial charge on any atom is 0.265 e. The molecule has 2 rings (SSSR count). The van der Waals surface area contributed by atoms with Crippen molar-refractivity contribution in [1.29, 1.82) is 0 Å². The Hall–Kier alpha value is -2.53. The smallest absolute Gasteiger partial charge is 0.265 e. The summed E-state index contributed by atoms with van der Waals surface area (Å²) >= 11 is 5.83. The quantitative estimate of drug-likeness (QED) is 0.760. The van der Waals surface area contributed by atoms with E-state index in [4.69, 9.17) is 16.3 Å². The summed E-state index contributed by atoms with van der Waals surface area (Å²) in [6.45, 7) is 5.63. The molecule has 0 aliphatic rings. The van der Waals surface area contributed by atoms with Gasteiger partial charge in [0.05, 0.1) is 0 Å². The van der Waals surface area contributed by atoms with Crippen molar-refractivity contribution in [3.8, 4) is 5.75 Å². The number of anilines is 1. The Labute approximate surface area is 158 Å². The predicted molar refractivity (Wildman–Crippen MR) is 104 cm³/mol. The lowest BCUT2D eigenvalue weighted by atomic mass is 10.1. The minimum atomic E-state index is -0.676. The van der Waals surface area contributed by atoms with Crippen LogP contribution in [0.2, 0.25) is 5.02 Å². The third-order valence-corrected chi connectivity index (χ3v) is 4.15. The number of rotatable bonds is 7. The zero-order chi connectivity index (χ0) is 19.1. The summed E-state index contributed by atoms with van der Waals surface area (Å²) in [4.78, 5) is 24.3. The summed E-state index contributed by atoms with van der Waals surface area (Å²) < 4.78 is 5.59. The molecule has 0 heterocycles. The van der Waals surface area contributed by atoms with Gasteiger partial charge in [0.15, 0.2) is 6.10 Å². The zero-order valence-corrected chi connectivity index (χ0v) is 15.8. The van der Waals surface area contributed by atoms with Crippen LogP contribution in [0.25, 0.3) is 0 Å². The molecule has 0 aliphatic heterocycles. The van der Waals surface area contributed by atoms with Gasteiger partial charge in [-0.1, -0.05) is 18.5 Å². The van der Waals surface area contributed by atoms with Crippen LogP contribution in [0.4, 0.5) is 5.69 Å². The maximum absolute atomic E-state index is 12.2. The molecule has 0 bridgehead atoms. The van der Waals surface area contributed by atoms with E-state index in [9.17, 15) is 9.59 Å². The van der Waals surface area contributed by atoms with Crippen LogP contribution in [0.3, 0.4) is 0 Å². The number of nitrogens with one attached hydrogen (secondary N) is 2. The van der Waals surface area contributed by atoms with Gasteiger partial charge in [0, 0.05) is 22.3 Å². The lowest BCUT2D eigenvalue weighted by Gasteiger charge is -2.15. The molecule has 2 aromatic rings. The Kier molecular flexibility index (Phi) is 7.04. The number of ether oxygens (including phenoxy) is 1. The zero-order valence-electron chi connectivity index (χ0n) is 15.1. The second kappa shape index (κ2) is 9.25. The molecule has 2 amide bonds. The van der Waals surface area contributed by atoms with Gasteiger partial charge in [0.2, 0.25) is 0 Å². The van der Waals surface area contributed by atoms with Crippen LogP contribution in [-0.4, -0.2) is 24.0 Å². The van der Waals surface area contributed by atoms with E-state index in [1.165, 1.54) is 0 Å². The number of hydrogen-bond donors (Lipinski definition) is 2. The van der Waals surface area contributed by atoms with Crippen LogP contribution < -0.4 is 15.4 Å². The fraction of sp³-hybridized carbons (Fsp3) is 0.300. The number of amides is 2. The fourth-order valence-electron chi connectivity index (χ4n) is 2.13. The van der Waals surface area contributed by atoms with E-state index >= 15 is 0 Å². The lowest BCUT2D eigenvalue weighted by molar-refractivity contribution is -0.122. The van der Waals surface area contributed by atoms with E-state index in [1.807, 2.05) is 13.8 Å². The highest BCUT2D eigenvalue weighted by molar-refractivity contribution is 6.30. The molecule has 138 valence electrons. The molecule has 0 fully saturated rings. The SMILES string of the molecule is CCC(C)NC(=O)c1ccc(NC(=O)C(C)Oc2ccc(Cl)cc2)cc1. The first-order valence-corrected chi connectivity index (χ1v) is 8.91. The van der Waals surface area contributed by atoms with Gasteiger partial charge in [0.1, 0.15) is 5.75 Å². The molecule has 0 saturated heterocycles. The molecule has 0 radical (unpaired) electrons. The molecule has 6 heteroatoms. The maximum atomic E-state index is 12.2. The Morgan fingerprint density at radius 2 is 1.65 bits per heavy atom. The van der Waals surface area contributed by atoms with E-state index in [2.05, 4.69) is 10.6 Å². The molecular weight excluding hydrogens is 352 g/mol. The standard InChI is InChI=1S/C20H23ClN2O3/c1-4-13(2)22-20(25)15-5-9-17(10-6-15)23-19(24)14(3)26-18-11-7-16(21)8-12-18/h5-14H,4H2,1-3H3,(H,22,25)(H,23,24). The van der Waals surface area contributed by atoms with E-state index < -0.39 is 6.10 Å². The van der Waals surface area contributed by atoms with E-state index in [0.29, 0.717) is 22.0 Å². The summed E-state index contributed by atoms with van der Waals surface area (Å²) in [5.74, 6) is 0.155. The average molecular weight is 375 g/mol. The Morgan fingerprint density at radius 1 is 1.04 bits per heavy atom. The highest BCUT2D eigenvalue weighted by atomic mass is 35.5. The van der Waals surface area contributed by atoms with Gasteiger partial charge in [-0.05, 0) is 68.8 Å². The first kappa shape index (κ1) is 19.8. The molecule has 0 aromatic heterocycles. The van der Waals surface area contributed by atoms with Crippen LogP contribution in [0.15, 0.2) is 48.5 Å². The third kappa shape index (κ3) is 5.77. The van der Waals surface area contributed by atoms with Gasteiger partial charge in [0.25, 0.3) is 11.8 Å². The van der Waals surface area contributed by atoms with Crippen molar-refractivity contribution in [2.75, 3.05) is 5.32 Å². The highest BCUT2D eigenvalue weighted by Gasteiger charge is 2.15. The molecule has 2 aromatic carbocycles. The van der Waals surface area contributed by atoms with E-state index in [1.54, 1.807) is 55.5 Å². The average Bonchev–Trinajstić information content (AvgIpc) is 2.63. The van der Waals surface area contributed by atoms with Gasteiger partial charge < -0.3 is 15.4 Å². The van der Waals surface area contributed by atoms with Gasteiger partial charge >= 0.3 is 0 Å². The normalized spacial score (nSPS) is 12.8. The third-order valence-electron chi connectivity index (χ3n) is 3.90. The second-order valence-electron chi connectivity index (χ2n) is 6.06. The molecule has 2 atom stereocenters. The van der Waals surface area contributed by atoms with Gasteiger partial charge in [-0.25, -0.2) is 0 Å². The van der Waals surface area contributed by atoms with Crippen LogP contribution in [0.5, 0.6) is 5.75 Å². The van der Waals surface area contributed by atoms with Crippen LogP contribution in [0.1, 0.15) is 37.6 Å². The Bertz CT molecular complexity index is 745. The minimum Gasteiger partial charge on any atom is -0.481 e. The molecule has 0 aliphatic carbocycles. The van der Waals surface area contributed by atoms with E-state index in [-0.39, 0.29) is 17.9 Å². The first-order chi connectivity index (χ1) is 12.4. The van der Waals surface area contributed by atoms with Gasteiger partial charge in [-0.2, -0.15) is 0 Å². The van der Waals surface area contributed by atoms with Crippen LogP contribution >= 0.6 is 11.6 Å². The summed E-state index contributed by atoms with van der Waals surface area (Å²) in [5.41, 5.74) is 1.15. The lowest BCUT2D eigenvalue weighted by Crippen LogP contribution is -2.32. The highest BCUT2D eigenvalue weighted by Crippen LogP contribution is 2.17. The van der Waals surface area contributed by atoms with Crippen LogP contribution in [-0.2, 0) is 4.79 Å². The van der Waals surface area contributed by atoms with E-state index in [0.717, 1.165) is 6.42 Å².